The molecule has 0 spiro atoms. The summed E-state index contributed by atoms with van der Waals surface area (Å²) in [5, 5.41) is 0. The Morgan fingerprint density at radius 2 is 1.77 bits per heavy atom. The Labute approximate surface area is 153 Å². The molecule has 0 aliphatic heterocycles. The number of hydrogen-bond donors (Lipinski definition) is 0. The third-order valence-corrected chi connectivity index (χ3v) is 8.92. The van der Waals surface area contributed by atoms with Crippen molar-refractivity contribution in [2.45, 2.75) is 77.8 Å². The lowest BCUT2D eigenvalue weighted by atomic mass is 9.44. The van der Waals surface area contributed by atoms with Gasteiger partial charge in [-0.05, 0) is 67.6 Å². The number of carbonyl (C=O) groups excluding carboxylic acids is 2. The second-order valence-electron chi connectivity index (χ2n) is 9.98. The topological polar surface area (TPSA) is 34.1 Å². The van der Waals surface area contributed by atoms with E-state index in [0.29, 0.717) is 31.5 Å². The van der Waals surface area contributed by atoms with Crippen LogP contribution in [0.5, 0.6) is 0 Å². The molecule has 0 N–H and O–H groups in total. The molecule has 4 aliphatic rings. The van der Waals surface area contributed by atoms with Crippen LogP contribution in [0.2, 0.25) is 0 Å². The van der Waals surface area contributed by atoms with Crippen LogP contribution in [0, 0.1) is 40.4 Å². The van der Waals surface area contributed by atoms with Gasteiger partial charge in [0.05, 0.1) is 5.92 Å². The Morgan fingerprint density at radius 3 is 2.42 bits per heavy atom. The Kier molecular flexibility index (Phi) is 3.96. The van der Waals surface area contributed by atoms with Crippen molar-refractivity contribution in [1.82, 2.24) is 0 Å². The van der Waals surface area contributed by atoms with Gasteiger partial charge in [-0.25, -0.2) is 13.2 Å². The number of Topliss-reactive ketones (excluding diaryl/α,β-unsaturated/α-hetero) is 2. The molecule has 4 aliphatic carbocycles. The molecule has 0 saturated heterocycles. The van der Waals surface area contributed by atoms with Crippen LogP contribution in [0.15, 0.2) is 0 Å². The minimum atomic E-state index is -3.44. The third-order valence-electron chi connectivity index (χ3n) is 8.92. The summed E-state index contributed by atoms with van der Waals surface area (Å²) in [6.45, 7) is 5.16. The van der Waals surface area contributed by atoms with Crippen LogP contribution in [0.1, 0.15) is 65.7 Å². The Bertz CT molecular complexity index is 647. The summed E-state index contributed by atoms with van der Waals surface area (Å²) in [6, 6.07) is 0. The van der Waals surface area contributed by atoms with Gasteiger partial charge in [0.1, 0.15) is 11.6 Å². The Morgan fingerprint density at radius 1 is 1.08 bits per heavy atom. The number of halogens is 3. The van der Waals surface area contributed by atoms with Gasteiger partial charge in [-0.1, -0.05) is 13.8 Å². The van der Waals surface area contributed by atoms with Gasteiger partial charge in [-0.15, -0.1) is 0 Å². The normalized spacial score (nSPS) is 52.8. The molecule has 0 radical (unpaired) electrons. The van der Waals surface area contributed by atoms with E-state index in [-0.39, 0.29) is 23.2 Å². The zero-order valence-corrected chi connectivity index (χ0v) is 15.9. The summed E-state index contributed by atoms with van der Waals surface area (Å²) in [6.07, 6.45) is 2.16. The molecule has 26 heavy (non-hydrogen) atoms. The maximum absolute atomic E-state index is 15.1. The van der Waals surface area contributed by atoms with Gasteiger partial charge < -0.3 is 0 Å². The van der Waals surface area contributed by atoms with Crippen LogP contribution < -0.4 is 0 Å². The van der Waals surface area contributed by atoms with Crippen molar-refractivity contribution >= 4 is 11.6 Å². The first kappa shape index (κ1) is 18.5. The minimum absolute atomic E-state index is 0.103. The fourth-order valence-corrected chi connectivity index (χ4v) is 7.75. The molecular weight excluding hydrogens is 341 g/mol. The van der Waals surface area contributed by atoms with E-state index < -0.39 is 35.1 Å². The van der Waals surface area contributed by atoms with E-state index in [9.17, 15) is 14.0 Å². The predicted molar refractivity (Wildman–Crippen MR) is 91.5 cm³/mol. The highest BCUT2D eigenvalue weighted by Gasteiger charge is 2.74. The monoisotopic (exact) mass is 370 g/mol. The smallest absolute Gasteiger partial charge is 0.283 e. The van der Waals surface area contributed by atoms with Crippen LogP contribution in [-0.2, 0) is 9.59 Å². The lowest BCUT2D eigenvalue weighted by Crippen LogP contribution is -2.56. The summed E-state index contributed by atoms with van der Waals surface area (Å²) in [5.41, 5.74) is -1.06. The highest BCUT2D eigenvalue weighted by atomic mass is 19.3. The van der Waals surface area contributed by atoms with Crippen molar-refractivity contribution < 1.29 is 22.8 Å². The number of carbonyl (C=O) groups is 2. The first-order chi connectivity index (χ1) is 12.0. The summed E-state index contributed by atoms with van der Waals surface area (Å²) in [4.78, 5) is 24.0. The van der Waals surface area contributed by atoms with E-state index in [4.69, 9.17) is 0 Å². The molecule has 0 bridgehead atoms. The summed E-state index contributed by atoms with van der Waals surface area (Å²) in [5.74, 6) is -5.72. The molecule has 4 rings (SSSR count). The van der Waals surface area contributed by atoms with E-state index in [1.807, 2.05) is 0 Å². The Balaban J connectivity index is 1.74. The summed E-state index contributed by atoms with van der Waals surface area (Å²) in [7, 11) is 0. The predicted octanol–water partition coefficient (Wildman–Crippen LogP) is 5.00. The molecule has 0 heterocycles. The van der Waals surface area contributed by atoms with Crippen LogP contribution in [-0.4, -0.2) is 23.7 Å². The average molecular weight is 370 g/mol. The molecule has 0 aromatic rings. The summed E-state index contributed by atoms with van der Waals surface area (Å²) >= 11 is 0. The van der Waals surface area contributed by atoms with E-state index in [1.54, 1.807) is 6.92 Å². The van der Waals surface area contributed by atoms with Crippen LogP contribution in [0.4, 0.5) is 13.2 Å². The van der Waals surface area contributed by atoms with E-state index >= 15 is 8.78 Å². The zero-order valence-electron chi connectivity index (χ0n) is 15.9. The zero-order chi connectivity index (χ0) is 19.1. The van der Waals surface area contributed by atoms with Crippen molar-refractivity contribution in [3.63, 3.8) is 0 Å². The highest BCUT2D eigenvalue weighted by Crippen LogP contribution is 2.70. The highest BCUT2D eigenvalue weighted by molar-refractivity contribution is 5.81. The third kappa shape index (κ3) is 2.18. The van der Waals surface area contributed by atoms with Crippen molar-refractivity contribution in [2.24, 2.45) is 40.4 Å². The van der Waals surface area contributed by atoms with E-state index in [0.717, 1.165) is 19.3 Å². The van der Waals surface area contributed by atoms with Crippen molar-refractivity contribution in [3.8, 4) is 0 Å². The van der Waals surface area contributed by atoms with Crippen molar-refractivity contribution in [1.29, 1.82) is 0 Å². The number of hydrogen-bond acceptors (Lipinski definition) is 2. The SMILES string of the molecule is CC(=O)[C@H]1C(F)C(F)(F)[C@H]2[C@@H]3CCC4CC(=O)CC[C@]4(C)[C@H]3CC[C@@]21C. The average Bonchev–Trinajstić information content (AvgIpc) is 2.70. The fraction of sp³-hybridized carbons (Fsp3) is 0.905. The van der Waals surface area contributed by atoms with Gasteiger partial charge in [-0.3, -0.25) is 9.59 Å². The van der Waals surface area contributed by atoms with Gasteiger partial charge in [0, 0.05) is 18.8 Å². The first-order valence-electron chi connectivity index (χ1n) is 10.1. The molecule has 0 aromatic carbocycles. The van der Waals surface area contributed by atoms with Crippen LogP contribution >= 0.6 is 0 Å². The van der Waals surface area contributed by atoms with Gasteiger partial charge in [0.15, 0.2) is 6.17 Å². The largest absolute Gasteiger partial charge is 0.300 e. The molecule has 4 fully saturated rings. The van der Waals surface area contributed by atoms with Gasteiger partial charge in [0.25, 0.3) is 5.92 Å². The number of ketones is 2. The molecule has 2 unspecified atom stereocenters. The molecular formula is C21H29F3O2. The summed E-state index contributed by atoms with van der Waals surface area (Å²) < 4.78 is 45.0. The number of alkyl halides is 3. The van der Waals surface area contributed by atoms with E-state index in [1.165, 1.54) is 6.92 Å². The van der Waals surface area contributed by atoms with Gasteiger partial charge >= 0.3 is 0 Å². The molecule has 0 amide bonds. The van der Waals surface area contributed by atoms with E-state index in [2.05, 4.69) is 6.92 Å². The minimum Gasteiger partial charge on any atom is -0.300 e. The molecule has 2 nitrogen and oxygen atoms in total. The molecule has 0 aromatic heterocycles. The lowest BCUT2D eigenvalue weighted by molar-refractivity contribution is -0.178. The first-order valence-corrected chi connectivity index (χ1v) is 10.1. The molecule has 5 heteroatoms. The number of rotatable bonds is 1. The maximum atomic E-state index is 15.1. The van der Waals surface area contributed by atoms with Gasteiger partial charge in [-0.2, -0.15) is 0 Å². The van der Waals surface area contributed by atoms with Crippen LogP contribution in [0.25, 0.3) is 0 Å². The second-order valence-corrected chi connectivity index (χ2v) is 9.98. The second kappa shape index (κ2) is 5.57. The molecule has 146 valence electrons. The molecule has 8 atom stereocenters. The lowest BCUT2D eigenvalue weighted by Gasteiger charge is -2.60. The quantitative estimate of drug-likeness (QED) is 0.651. The number of fused-ring (bicyclic) bond motifs is 5. The standard InChI is InChI=1S/C21H29F3O2/c1-11(25)16-18(22)21(23,24)17-14-5-4-12-10-13(26)6-8-19(12,2)15(14)7-9-20(16,17)3/h12,14-18H,4-10H2,1-3H3/t12?,14-,15+,16+,17+,18?,19+,20-/m1/s1. The molecule has 4 saturated carbocycles. The maximum Gasteiger partial charge on any atom is 0.283 e. The fourth-order valence-electron chi connectivity index (χ4n) is 7.75. The van der Waals surface area contributed by atoms with Crippen molar-refractivity contribution in [2.75, 3.05) is 0 Å². The van der Waals surface area contributed by atoms with Crippen LogP contribution in [0.3, 0.4) is 0 Å². The van der Waals surface area contributed by atoms with Gasteiger partial charge in [0.2, 0.25) is 0 Å². The Hall–Kier alpha value is -0.870. The van der Waals surface area contributed by atoms with Crippen molar-refractivity contribution in [3.05, 3.63) is 0 Å².